The van der Waals surface area contributed by atoms with Gasteiger partial charge in [0.1, 0.15) is 5.75 Å². The first kappa shape index (κ1) is 12.4. The molecule has 1 aromatic rings. The standard InChI is InChI=1S/C15H23NO/c1-2-3-4-10-17-15-7-5-6-13(11-15)12-16-14-8-9-14/h5-7,11,14,16H,2-4,8-10,12H2,1H3. The Hall–Kier alpha value is -1.02. The van der Waals surface area contributed by atoms with Crippen LogP contribution in [0.15, 0.2) is 24.3 Å². The predicted octanol–water partition coefficient (Wildman–Crippen LogP) is 3.51. The number of unbranched alkanes of at least 4 members (excludes halogenated alkanes) is 2. The minimum Gasteiger partial charge on any atom is -0.494 e. The summed E-state index contributed by atoms with van der Waals surface area (Å²) in [5, 5.41) is 3.52. The van der Waals surface area contributed by atoms with Gasteiger partial charge in [-0.3, -0.25) is 0 Å². The Morgan fingerprint density at radius 3 is 2.94 bits per heavy atom. The molecule has 0 unspecified atom stereocenters. The van der Waals surface area contributed by atoms with E-state index in [1.807, 2.05) is 6.07 Å². The maximum Gasteiger partial charge on any atom is 0.119 e. The number of rotatable bonds is 8. The molecule has 0 saturated heterocycles. The van der Waals surface area contributed by atoms with Gasteiger partial charge in [-0.25, -0.2) is 0 Å². The summed E-state index contributed by atoms with van der Waals surface area (Å²) in [4.78, 5) is 0. The maximum absolute atomic E-state index is 5.74. The van der Waals surface area contributed by atoms with Gasteiger partial charge in [-0.1, -0.05) is 31.9 Å². The zero-order valence-corrected chi connectivity index (χ0v) is 10.7. The van der Waals surface area contributed by atoms with Gasteiger partial charge in [0.2, 0.25) is 0 Å². The lowest BCUT2D eigenvalue weighted by molar-refractivity contribution is 0.306. The van der Waals surface area contributed by atoms with Crippen LogP contribution in [-0.4, -0.2) is 12.6 Å². The molecule has 1 aliphatic rings. The number of ether oxygens (including phenoxy) is 1. The van der Waals surface area contributed by atoms with Gasteiger partial charge in [-0.2, -0.15) is 0 Å². The van der Waals surface area contributed by atoms with E-state index in [-0.39, 0.29) is 0 Å². The second kappa shape index (κ2) is 6.65. The van der Waals surface area contributed by atoms with Gasteiger partial charge in [0.15, 0.2) is 0 Å². The van der Waals surface area contributed by atoms with Crippen LogP contribution >= 0.6 is 0 Å². The summed E-state index contributed by atoms with van der Waals surface area (Å²) in [6.45, 7) is 4.02. The van der Waals surface area contributed by atoms with E-state index < -0.39 is 0 Å². The van der Waals surface area contributed by atoms with Crippen LogP contribution in [0.25, 0.3) is 0 Å². The first-order valence-corrected chi connectivity index (χ1v) is 6.83. The third-order valence-corrected chi connectivity index (χ3v) is 3.09. The van der Waals surface area contributed by atoms with Crippen molar-refractivity contribution in [2.75, 3.05) is 6.61 Å². The molecule has 2 heteroatoms. The monoisotopic (exact) mass is 233 g/mol. The predicted molar refractivity (Wildman–Crippen MR) is 71.3 cm³/mol. The molecule has 0 spiro atoms. The van der Waals surface area contributed by atoms with Gasteiger partial charge in [0.25, 0.3) is 0 Å². The first-order valence-electron chi connectivity index (χ1n) is 6.83. The van der Waals surface area contributed by atoms with Crippen LogP contribution in [0.1, 0.15) is 44.6 Å². The highest BCUT2D eigenvalue weighted by Crippen LogP contribution is 2.20. The largest absolute Gasteiger partial charge is 0.494 e. The van der Waals surface area contributed by atoms with Crippen LogP contribution in [0.5, 0.6) is 5.75 Å². The summed E-state index contributed by atoms with van der Waals surface area (Å²) >= 11 is 0. The van der Waals surface area contributed by atoms with E-state index in [2.05, 4.69) is 30.4 Å². The van der Waals surface area contributed by atoms with Crippen LogP contribution < -0.4 is 10.1 Å². The summed E-state index contributed by atoms with van der Waals surface area (Å²) in [7, 11) is 0. The van der Waals surface area contributed by atoms with Gasteiger partial charge >= 0.3 is 0 Å². The van der Waals surface area contributed by atoms with E-state index in [1.165, 1.54) is 31.2 Å². The van der Waals surface area contributed by atoms with E-state index in [1.54, 1.807) is 0 Å². The molecular weight excluding hydrogens is 210 g/mol. The zero-order chi connectivity index (χ0) is 11.9. The van der Waals surface area contributed by atoms with Crippen molar-refractivity contribution in [3.63, 3.8) is 0 Å². The molecule has 0 atom stereocenters. The van der Waals surface area contributed by atoms with Crippen molar-refractivity contribution >= 4 is 0 Å². The fourth-order valence-corrected chi connectivity index (χ4v) is 1.84. The van der Waals surface area contributed by atoms with Crippen LogP contribution in [-0.2, 0) is 6.54 Å². The Kier molecular flexibility index (Phi) is 4.87. The minimum absolute atomic E-state index is 0.768. The van der Waals surface area contributed by atoms with Crippen molar-refractivity contribution in [3.8, 4) is 5.75 Å². The Morgan fingerprint density at radius 1 is 1.29 bits per heavy atom. The van der Waals surface area contributed by atoms with Crippen molar-refractivity contribution in [2.45, 2.75) is 51.6 Å². The fourth-order valence-electron chi connectivity index (χ4n) is 1.84. The third kappa shape index (κ3) is 4.78. The van der Waals surface area contributed by atoms with E-state index in [0.717, 1.165) is 31.4 Å². The quantitative estimate of drug-likeness (QED) is 0.694. The molecule has 1 N–H and O–H groups in total. The Bertz CT molecular complexity index is 333. The average molecular weight is 233 g/mol. The molecule has 94 valence electrons. The minimum atomic E-state index is 0.768. The highest BCUT2D eigenvalue weighted by Gasteiger charge is 2.19. The van der Waals surface area contributed by atoms with Gasteiger partial charge in [0, 0.05) is 12.6 Å². The number of benzene rings is 1. The summed E-state index contributed by atoms with van der Waals surface area (Å²) in [5.74, 6) is 1.01. The molecule has 17 heavy (non-hydrogen) atoms. The highest BCUT2D eigenvalue weighted by atomic mass is 16.5. The van der Waals surface area contributed by atoms with E-state index in [9.17, 15) is 0 Å². The van der Waals surface area contributed by atoms with Gasteiger partial charge in [-0.05, 0) is 37.0 Å². The van der Waals surface area contributed by atoms with Crippen molar-refractivity contribution in [2.24, 2.45) is 0 Å². The lowest BCUT2D eigenvalue weighted by atomic mass is 10.2. The highest BCUT2D eigenvalue weighted by molar-refractivity contribution is 5.28. The van der Waals surface area contributed by atoms with Crippen molar-refractivity contribution in [1.82, 2.24) is 5.32 Å². The number of hydrogen-bond acceptors (Lipinski definition) is 2. The maximum atomic E-state index is 5.74. The molecule has 0 bridgehead atoms. The van der Waals surface area contributed by atoms with Crippen LogP contribution in [0.4, 0.5) is 0 Å². The van der Waals surface area contributed by atoms with Crippen molar-refractivity contribution < 1.29 is 4.74 Å². The third-order valence-electron chi connectivity index (χ3n) is 3.09. The van der Waals surface area contributed by atoms with Crippen molar-refractivity contribution in [3.05, 3.63) is 29.8 Å². The van der Waals surface area contributed by atoms with E-state index >= 15 is 0 Å². The Balaban J connectivity index is 1.74. The van der Waals surface area contributed by atoms with Crippen LogP contribution in [0.3, 0.4) is 0 Å². The van der Waals surface area contributed by atoms with Gasteiger partial charge in [-0.15, -0.1) is 0 Å². The molecular formula is C15H23NO. The smallest absolute Gasteiger partial charge is 0.119 e. The molecule has 2 rings (SSSR count). The molecule has 1 fully saturated rings. The summed E-state index contributed by atoms with van der Waals surface area (Å²) < 4.78 is 5.74. The lowest BCUT2D eigenvalue weighted by Crippen LogP contribution is -2.15. The van der Waals surface area contributed by atoms with E-state index in [4.69, 9.17) is 4.74 Å². The fraction of sp³-hybridized carbons (Fsp3) is 0.600. The van der Waals surface area contributed by atoms with Crippen LogP contribution in [0.2, 0.25) is 0 Å². The molecule has 0 aliphatic heterocycles. The average Bonchev–Trinajstić information content (AvgIpc) is 3.17. The topological polar surface area (TPSA) is 21.3 Å². The normalized spacial score (nSPS) is 14.9. The number of hydrogen-bond donors (Lipinski definition) is 1. The molecule has 1 saturated carbocycles. The molecule has 0 aromatic heterocycles. The molecule has 0 heterocycles. The second-order valence-electron chi connectivity index (χ2n) is 4.86. The lowest BCUT2D eigenvalue weighted by Gasteiger charge is -2.08. The Labute approximate surface area is 104 Å². The summed E-state index contributed by atoms with van der Waals surface area (Å²) in [6.07, 6.45) is 6.33. The first-order chi connectivity index (χ1) is 8.38. The van der Waals surface area contributed by atoms with Gasteiger partial charge in [0.05, 0.1) is 6.61 Å². The van der Waals surface area contributed by atoms with Crippen molar-refractivity contribution in [1.29, 1.82) is 0 Å². The SMILES string of the molecule is CCCCCOc1cccc(CNC2CC2)c1. The molecule has 1 aromatic carbocycles. The molecule has 0 radical (unpaired) electrons. The number of nitrogens with one attached hydrogen (secondary N) is 1. The van der Waals surface area contributed by atoms with E-state index in [0.29, 0.717) is 0 Å². The Morgan fingerprint density at radius 2 is 2.18 bits per heavy atom. The molecule has 1 aliphatic carbocycles. The second-order valence-corrected chi connectivity index (χ2v) is 4.86. The molecule has 2 nitrogen and oxygen atoms in total. The summed E-state index contributed by atoms with van der Waals surface area (Å²) in [6, 6.07) is 9.21. The molecule has 0 amide bonds. The summed E-state index contributed by atoms with van der Waals surface area (Å²) in [5.41, 5.74) is 1.32. The van der Waals surface area contributed by atoms with Crippen LogP contribution in [0, 0.1) is 0 Å². The van der Waals surface area contributed by atoms with Gasteiger partial charge < -0.3 is 10.1 Å². The zero-order valence-electron chi connectivity index (χ0n) is 10.7.